The second-order valence-electron chi connectivity index (χ2n) is 7.96. The van der Waals surface area contributed by atoms with Crippen LogP contribution in [0.2, 0.25) is 0 Å². The normalized spacial score (nSPS) is 15.6. The number of carbonyl (C=O) groups excluding carboxylic acids is 3. The summed E-state index contributed by atoms with van der Waals surface area (Å²) in [7, 11) is 1.15. The molecular formula is C26H26N2O10. The second kappa shape index (κ2) is 12.4. The van der Waals surface area contributed by atoms with Crippen molar-refractivity contribution < 1.29 is 43.0 Å². The van der Waals surface area contributed by atoms with Crippen LogP contribution in [0.25, 0.3) is 0 Å². The third-order valence-electron chi connectivity index (χ3n) is 5.43. The van der Waals surface area contributed by atoms with Crippen LogP contribution in [0.1, 0.15) is 43.9 Å². The summed E-state index contributed by atoms with van der Waals surface area (Å²) in [5.41, 5.74) is 1.12. The maximum atomic E-state index is 13.0. The van der Waals surface area contributed by atoms with E-state index in [9.17, 15) is 24.5 Å². The number of allylic oxidation sites excluding steroid dienone is 2. The molecule has 2 aromatic carbocycles. The van der Waals surface area contributed by atoms with E-state index in [1.165, 1.54) is 18.2 Å². The van der Waals surface area contributed by atoms with E-state index in [-0.39, 0.29) is 29.4 Å². The van der Waals surface area contributed by atoms with Gasteiger partial charge < -0.3 is 29.0 Å². The first kappa shape index (κ1) is 27.7. The van der Waals surface area contributed by atoms with Gasteiger partial charge in [-0.1, -0.05) is 42.5 Å². The molecule has 1 aliphatic rings. The van der Waals surface area contributed by atoms with Crippen LogP contribution < -0.4 is 5.32 Å². The number of rotatable bonds is 8. The number of non-ortho nitro benzene ring substituents is 1. The SMILES string of the molecule is CCOC(=O)OC1=C(C)NC(C)=C(OC(=O)OC(C(=O)OC)c2ccccc2)C1c1cccc([N+](=O)[O-])c1. The summed E-state index contributed by atoms with van der Waals surface area (Å²) in [5, 5.41) is 14.4. The Morgan fingerprint density at radius 3 is 2.18 bits per heavy atom. The lowest BCUT2D eigenvalue weighted by Crippen LogP contribution is -2.30. The second-order valence-corrected chi connectivity index (χ2v) is 7.96. The molecule has 0 amide bonds. The highest BCUT2D eigenvalue weighted by molar-refractivity contribution is 5.79. The quantitative estimate of drug-likeness (QED) is 0.214. The lowest BCUT2D eigenvalue weighted by molar-refractivity contribution is -0.384. The van der Waals surface area contributed by atoms with Gasteiger partial charge in [0.25, 0.3) is 5.69 Å². The van der Waals surface area contributed by atoms with E-state index in [4.69, 9.17) is 23.7 Å². The topological polar surface area (TPSA) is 153 Å². The Kier molecular flexibility index (Phi) is 9.04. The minimum atomic E-state index is -1.42. The van der Waals surface area contributed by atoms with E-state index >= 15 is 0 Å². The van der Waals surface area contributed by atoms with E-state index in [0.717, 1.165) is 7.11 Å². The smallest absolute Gasteiger partial charge is 0.466 e. The Hall–Kier alpha value is -4.87. The Labute approximate surface area is 217 Å². The van der Waals surface area contributed by atoms with Crippen molar-refractivity contribution in [2.75, 3.05) is 13.7 Å². The van der Waals surface area contributed by atoms with E-state index < -0.39 is 35.2 Å². The number of benzene rings is 2. The predicted molar refractivity (Wildman–Crippen MR) is 131 cm³/mol. The summed E-state index contributed by atoms with van der Waals surface area (Å²) in [6.07, 6.45) is -3.70. The van der Waals surface area contributed by atoms with Crippen molar-refractivity contribution in [3.63, 3.8) is 0 Å². The van der Waals surface area contributed by atoms with Crippen molar-refractivity contribution in [3.05, 3.63) is 98.8 Å². The average molecular weight is 526 g/mol. The molecule has 0 fully saturated rings. The molecule has 0 bridgehead atoms. The summed E-state index contributed by atoms with van der Waals surface area (Å²) in [6, 6.07) is 13.7. The average Bonchev–Trinajstić information content (AvgIpc) is 2.90. The molecule has 2 atom stereocenters. The van der Waals surface area contributed by atoms with E-state index in [0.29, 0.717) is 17.0 Å². The van der Waals surface area contributed by atoms with Crippen molar-refractivity contribution in [1.82, 2.24) is 5.32 Å². The first-order valence-corrected chi connectivity index (χ1v) is 11.4. The molecule has 1 heterocycles. The maximum absolute atomic E-state index is 13.0. The molecule has 200 valence electrons. The zero-order valence-corrected chi connectivity index (χ0v) is 21.1. The Balaban J connectivity index is 2.00. The number of nitro groups is 1. The van der Waals surface area contributed by atoms with Crippen molar-refractivity contribution in [1.29, 1.82) is 0 Å². The molecule has 0 spiro atoms. The number of hydrogen-bond donors (Lipinski definition) is 1. The molecule has 0 aliphatic carbocycles. The van der Waals surface area contributed by atoms with Crippen molar-refractivity contribution in [3.8, 4) is 0 Å². The van der Waals surface area contributed by atoms with Crippen LogP contribution in [0.3, 0.4) is 0 Å². The summed E-state index contributed by atoms with van der Waals surface area (Å²) >= 11 is 0. The number of methoxy groups -OCH3 is 1. The van der Waals surface area contributed by atoms with Crippen LogP contribution in [0.5, 0.6) is 0 Å². The highest BCUT2D eigenvalue weighted by Crippen LogP contribution is 2.40. The number of nitro benzene ring substituents is 1. The molecule has 1 N–H and O–H groups in total. The third-order valence-corrected chi connectivity index (χ3v) is 5.43. The fraction of sp³-hybridized carbons (Fsp3) is 0.269. The lowest BCUT2D eigenvalue weighted by Gasteiger charge is -2.30. The Bertz CT molecular complexity index is 1290. The van der Waals surface area contributed by atoms with Gasteiger partial charge in [-0.2, -0.15) is 0 Å². The number of dihydropyridines is 1. The largest absolute Gasteiger partial charge is 0.514 e. The first-order valence-electron chi connectivity index (χ1n) is 11.4. The van der Waals surface area contributed by atoms with Gasteiger partial charge in [-0.05, 0) is 26.3 Å². The Morgan fingerprint density at radius 1 is 0.974 bits per heavy atom. The summed E-state index contributed by atoms with van der Waals surface area (Å²) < 4.78 is 25.9. The molecule has 12 nitrogen and oxygen atoms in total. The zero-order valence-electron chi connectivity index (χ0n) is 21.1. The number of hydrogen-bond acceptors (Lipinski definition) is 11. The minimum Gasteiger partial charge on any atom is -0.466 e. The predicted octanol–water partition coefficient (Wildman–Crippen LogP) is 4.99. The van der Waals surface area contributed by atoms with Crippen LogP contribution >= 0.6 is 0 Å². The number of nitrogens with one attached hydrogen (secondary N) is 1. The highest BCUT2D eigenvalue weighted by atomic mass is 16.7. The summed E-state index contributed by atoms with van der Waals surface area (Å²) in [4.78, 5) is 48.4. The van der Waals surface area contributed by atoms with Crippen molar-refractivity contribution >= 4 is 24.0 Å². The van der Waals surface area contributed by atoms with Gasteiger partial charge >= 0.3 is 18.3 Å². The zero-order chi connectivity index (χ0) is 27.8. The molecular weight excluding hydrogens is 500 g/mol. The van der Waals surface area contributed by atoms with Crippen LogP contribution in [0.15, 0.2) is 77.5 Å². The molecule has 0 saturated carbocycles. The number of carbonyl (C=O) groups is 3. The summed E-state index contributed by atoms with van der Waals surface area (Å²) in [5.74, 6) is -2.00. The van der Waals surface area contributed by atoms with Crippen LogP contribution in [0.4, 0.5) is 15.3 Å². The molecule has 0 saturated heterocycles. The van der Waals surface area contributed by atoms with Gasteiger partial charge in [0.05, 0.1) is 30.0 Å². The van der Waals surface area contributed by atoms with Gasteiger partial charge in [0.15, 0.2) is 0 Å². The highest BCUT2D eigenvalue weighted by Gasteiger charge is 2.37. The van der Waals surface area contributed by atoms with Crippen molar-refractivity contribution in [2.24, 2.45) is 0 Å². The maximum Gasteiger partial charge on any atom is 0.514 e. The molecule has 0 aromatic heterocycles. The molecule has 2 aromatic rings. The molecule has 38 heavy (non-hydrogen) atoms. The molecule has 1 aliphatic heterocycles. The molecule has 3 rings (SSSR count). The first-order chi connectivity index (χ1) is 18.2. The van der Waals surface area contributed by atoms with Crippen molar-refractivity contribution in [2.45, 2.75) is 32.8 Å². The van der Waals surface area contributed by atoms with Crippen LogP contribution in [0, 0.1) is 10.1 Å². The lowest BCUT2D eigenvalue weighted by atomic mass is 9.90. The number of nitrogens with zero attached hydrogens (tertiary/aromatic N) is 1. The van der Waals surface area contributed by atoms with E-state index in [2.05, 4.69) is 5.32 Å². The third kappa shape index (κ3) is 6.46. The molecule has 2 unspecified atom stereocenters. The fourth-order valence-electron chi connectivity index (χ4n) is 3.78. The minimum absolute atomic E-state index is 0.00933. The van der Waals surface area contributed by atoms with E-state index in [1.807, 2.05) is 0 Å². The van der Waals surface area contributed by atoms with Gasteiger partial charge in [-0.15, -0.1) is 0 Å². The molecule has 0 radical (unpaired) electrons. The monoisotopic (exact) mass is 526 g/mol. The van der Waals surface area contributed by atoms with Gasteiger partial charge in [-0.25, -0.2) is 14.4 Å². The van der Waals surface area contributed by atoms with Gasteiger partial charge in [0.2, 0.25) is 6.10 Å². The summed E-state index contributed by atoms with van der Waals surface area (Å²) in [6.45, 7) is 4.84. The van der Waals surface area contributed by atoms with Gasteiger partial charge in [0.1, 0.15) is 17.4 Å². The van der Waals surface area contributed by atoms with Gasteiger partial charge in [0, 0.05) is 17.7 Å². The molecule has 12 heteroatoms. The number of esters is 1. The standard InChI is InChI=1S/C26H26N2O10/c1-5-35-25(30)36-21-15(2)27-16(3)22(20(21)18-12-9-13-19(14-18)28(32)33)37-26(31)38-23(24(29)34-4)17-10-7-6-8-11-17/h6-14,20,23,27H,5H2,1-4H3. The van der Waals surface area contributed by atoms with Crippen LogP contribution in [-0.2, 0) is 28.5 Å². The number of ether oxygens (including phenoxy) is 5. The Morgan fingerprint density at radius 2 is 1.61 bits per heavy atom. The van der Waals surface area contributed by atoms with Gasteiger partial charge in [-0.3, -0.25) is 10.1 Å². The van der Waals surface area contributed by atoms with Crippen LogP contribution in [-0.4, -0.2) is 36.9 Å². The van der Waals surface area contributed by atoms with E-state index in [1.54, 1.807) is 57.2 Å². The fourth-order valence-corrected chi connectivity index (χ4v) is 3.78.